The molecule has 2 aromatic heterocycles. The smallest absolute Gasteiger partial charge is 0.549 e. The summed E-state index contributed by atoms with van der Waals surface area (Å²) in [6, 6.07) is -0.892. The molecule has 2 fully saturated rings. The number of amides is 2. The largest absolute Gasteiger partial charge is 1.00 e. The van der Waals surface area contributed by atoms with Crippen LogP contribution in [0.25, 0.3) is 6.08 Å². The molecule has 12 nitrogen and oxygen atoms in total. The predicted molar refractivity (Wildman–Crippen MR) is 116 cm³/mol. The van der Waals surface area contributed by atoms with Gasteiger partial charge in [-0.25, -0.2) is 4.98 Å². The third-order valence-electron chi connectivity index (χ3n) is 5.12. The van der Waals surface area contributed by atoms with E-state index in [0.29, 0.717) is 5.69 Å². The van der Waals surface area contributed by atoms with Gasteiger partial charge in [0.05, 0.1) is 22.0 Å². The molecule has 0 aliphatic carbocycles. The van der Waals surface area contributed by atoms with Gasteiger partial charge in [0.25, 0.3) is 5.91 Å². The Bertz CT molecular complexity index is 1150. The molecule has 2 aliphatic heterocycles. The van der Waals surface area contributed by atoms with Crippen LogP contribution in [0.3, 0.4) is 0 Å². The number of oxime groups is 1. The van der Waals surface area contributed by atoms with Gasteiger partial charge < -0.3 is 31.1 Å². The maximum atomic E-state index is 12.7. The van der Waals surface area contributed by atoms with Gasteiger partial charge in [0.2, 0.25) is 5.91 Å². The molecule has 0 saturated carbocycles. The summed E-state index contributed by atoms with van der Waals surface area (Å²) in [5.74, 6) is -2.39. The first kappa shape index (κ1) is 25.6. The van der Waals surface area contributed by atoms with Crippen LogP contribution in [-0.2, 0) is 14.4 Å². The Morgan fingerprint density at radius 3 is 2.82 bits per heavy atom. The number of carboxylic acid groups (broad SMARTS) is 1. The van der Waals surface area contributed by atoms with E-state index in [0.717, 1.165) is 27.7 Å². The zero-order chi connectivity index (χ0) is 23.0. The van der Waals surface area contributed by atoms with Gasteiger partial charge in [0, 0.05) is 17.7 Å². The topological polar surface area (TPSA) is 187 Å². The van der Waals surface area contributed by atoms with E-state index in [4.69, 9.17) is 5.73 Å². The van der Waals surface area contributed by atoms with Crippen molar-refractivity contribution >= 4 is 69.3 Å². The predicted octanol–water partition coefficient (Wildman–Crippen LogP) is -4.08. The van der Waals surface area contributed by atoms with Crippen molar-refractivity contribution in [2.45, 2.75) is 18.3 Å². The number of thiazole rings is 1. The molecule has 2 aliphatic rings. The molecule has 0 bridgehead atoms. The first-order valence-corrected chi connectivity index (χ1v) is 11.8. The number of nitrogens with two attached hydrogens (primary N) is 1. The van der Waals surface area contributed by atoms with Gasteiger partial charge >= 0.3 is 29.6 Å². The van der Waals surface area contributed by atoms with E-state index in [2.05, 4.69) is 25.0 Å². The Morgan fingerprint density at radius 2 is 2.24 bits per heavy atom. The van der Waals surface area contributed by atoms with Crippen LogP contribution in [0.2, 0.25) is 0 Å². The van der Waals surface area contributed by atoms with Gasteiger partial charge in [-0.2, -0.15) is 0 Å². The van der Waals surface area contributed by atoms with Crippen LogP contribution in [0.1, 0.15) is 16.3 Å². The molecule has 0 radical (unpaired) electrons. The number of aromatic nitrogens is 3. The van der Waals surface area contributed by atoms with Crippen molar-refractivity contribution in [3.05, 3.63) is 27.7 Å². The number of rotatable bonds is 6. The van der Waals surface area contributed by atoms with Crippen LogP contribution in [0, 0.1) is 12.3 Å². The Balaban J connectivity index is 0.00000306. The molecular formula is C17H16N7NaO5S3. The molecule has 3 atom stereocenters. The minimum Gasteiger partial charge on any atom is -0.549 e. The SMILES string of the molecule is Cc1nnsc1C=CC1(C(=O)[O-])CS[C@@H]2C(NC(=O)C(=NO)c3csc(N)n3)C(=O)N2C1.[Na+]. The Labute approximate surface area is 221 Å². The summed E-state index contributed by atoms with van der Waals surface area (Å²) in [5, 5.41) is 31.8. The number of aliphatic carboxylic acids is 1. The maximum Gasteiger partial charge on any atom is 1.00 e. The monoisotopic (exact) mass is 517 g/mol. The van der Waals surface area contributed by atoms with Gasteiger partial charge in [0.1, 0.15) is 17.1 Å². The average molecular weight is 518 g/mol. The Morgan fingerprint density at radius 1 is 1.48 bits per heavy atom. The number of carbonyl (C=O) groups is 3. The van der Waals surface area contributed by atoms with E-state index in [1.54, 1.807) is 13.0 Å². The van der Waals surface area contributed by atoms with Gasteiger partial charge in [-0.1, -0.05) is 15.7 Å². The van der Waals surface area contributed by atoms with Crippen molar-refractivity contribution in [1.29, 1.82) is 0 Å². The number of anilines is 1. The van der Waals surface area contributed by atoms with Gasteiger partial charge in [-0.05, 0) is 24.5 Å². The Hall–Kier alpha value is -2.04. The van der Waals surface area contributed by atoms with E-state index in [-0.39, 0.29) is 58.4 Å². The zero-order valence-corrected chi connectivity index (χ0v) is 21.9. The molecule has 2 saturated heterocycles. The number of nitrogens with zero attached hydrogens (tertiary/aromatic N) is 5. The molecule has 2 aromatic rings. The molecule has 0 aromatic carbocycles. The first-order chi connectivity index (χ1) is 15.3. The summed E-state index contributed by atoms with van der Waals surface area (Å²) in [6.45, 7) is 1.67. The minimum absolute atomic E-state index is 0. The van der Waals surface area contributed by atoms with E-state index in [9.17, 15) is 24.7 Å². The first-order valence-electron chi connectivity index (χ1n) is 9.12. The second-order valence-corrected chi connectivity index (χ2v) is 9.92. The number of thioether (sulfide) groups is 1. The summed E-state index contributed by atoms with van der Waals surface area (Å²) >= 11 is 3.42. The second kappa shape index (κ2) is 10.1. The van der Waals surface area contributed by atoms with Crippen molar-refractivity contribution in [3.63, 3.8) is 0 Å². The van der Waals surface area contributed by atoms with Gasteiger partial charge in [-0.3, -0.25) is 9.59 Å². The standard InChI is InChI=1S/C17H17N7O5S3.Na/c1-7-9(32-23-21-7)2-3-17(15(27)28)5-24-13(26)11(14(24)31-6-17)20-12(25)10(22-29)8-4-30-16(18)19-8;/h2-4,11,14,29H,5-6H2,1H3,(H2,18,19)(H,20,25)(H,27,28);/q;+1/p-1/t11?,14-,17?;/m1./s1. The number of carbonyl (C=O) groups excluding carboxylic acids is 3. The van der Waals surface area contributed by atoms with Crippen LogP contribution in [0.5, 0.6) is 0 Å². The summed E-state index contributed by atoms with van der Waals surface area (Å²) in [5.41, 5.74) is 4.54. The summed E-state index contributed by atoms with van der Waals surface area (Å²) in [6.07, 6.45) is 3.14. The molecule has 16 heteroatoms. The number of hydrogen-bond acceptors (Lipinski definition) is 13. The van der Waals surface area contributed by atoms with Crippen LogP contribution in [0.4, 0.5) is 5.13 Å². The van der Waals surface area contributed by atoms with Crippen molar-refractivity contribution in [2.75, 3.05) is 18.0 Å². The molecule has 33 heavy (non-hydrogen) atoms. The maximum absolute atomic E-state index is 12.7. The van der Waals surface area contributed by atoms with E-state index >= 15 is 0 Å². The average Bonchev–Trinajstić information content (AvgIpc) is 3.38. The number of aryl methyl sites for hydroxylation is 1. The number of hydrogen-bond donors (Lipinski definition) is 3. The van der Waals surface area contributed by atoms with Crippen molar-refractivity contribution in [2.24, 2.45) is 10.6 Å². The van der Waals surface area contributed by atoms with Crippen molar-refractivity contribution in [3.8, 4) is 0 Å². The van der Waals surface area contributed by atoms with Crippen molar-refractivity contribution < 1.29 is 54.3 Å². The number of nitrogen functional groups attached to an aromatic ring is 1. The third-order valence-corrected chi connectivity index (χ3v) is 8.13. The molecule has 0 spiro atoms. The van der Waals surface area contributed by atoms with Crippen LogP contribution < -0.4 is 45.7 Å². The molecular weight excluding hydrogens is 501 g/mol. The van der Waals surface area contributed by atoms with Crippen LogP contribution >= 0.6 is 34.6 Å². The fourth-order valence-corrected chi connectivity index (χ4v) is 5.94. The number of β-lactam (4-membered cyclic amide) rings is 1. The summed E-state index contributed by atoms with van der Waals surface area (Å²) in [4.78, 5) is 43.2. The van der Waals surface area contributed by atoms with Gasteiger partial charge in [-0.15, -0.1) is 28.2 Å². The van der Waals surface area contributed by atoms with Crippen molar-refractivity contribution in [1.82, 2.24) is 24.8 Å². The fraction of sp³-hybridized carbons (Fsp3) is 0.353. The van der Waals surface area contributed by atoms with Crippen LogP contribution in [0.15, 0.2) is 16.6 Å². The summed E-state index contributed by atoms with van der Waals surface area (Å²) in [7, 11) is 0. The van der Waals surface area contributed by atoms with Gasteiger partial charge in [0.15, 0.2) is 10.8 Å². The quantitative estimate of drug-likeness (QED) is 0.112. The zero-order valence-electron chi connectivity index (χ0n) is 17.4. The fourth-order valence-electron chi connectivity index (χ4n) is 3.33. The minimum atomic E-state index is -1.39. The Kier molecular flexibility index (Phi) is 7.80. The molecule has 168 valence electrons. The summed E-state index contributed by atoms with van der Waals surface area (Å²) < 4.78 is 3.81. The molecule has 4 heterocycles. The third kappa shape index (κ3) is 4.79. The molecule has 2 unspecified atom stereocenters. The van der Waals surface area contributed by atoms with Crippen LogP contribution in [-0.4, -0.2) is 71.9 Å². The van der Waals surface area contributed by atoms with E-state index < -0.39 is 34.6 Å². The number of nitrogens with one attached hydrogen (secondary N) is 1. The number of fused-ring (bicyclic) bond motifs is 1. The molecule has 2 amide bonds. The molecule has 4 N–H and O–H groups in total. The van der Waals surface area contributed by atoms with E-state index in [1.807, 2.05) is 0 Å². The molecule has 4 rings (SSSR count). The van der Waals surface area contributed by atoms with E-state index in [1.165, 1.54) is 28.1 Å². The number of carboxylic acids is 1. The second-order valence-electron chi connectivity index (χ2n) is 7.14. The normalized spacial score (nSPS) is 24.7.